The maximum atomic E-state index is 9.68. The average Bonchev–Trinajstić information content (AvgIpc) is 3.15. The van der Waals surface area contributed by atoms with Crippen LogP contribution < -0.4 is 5.73 Å². The highest BCUT2D eigenvalue weighted by Crippen LogP contribution is 2.49. The van der Waals surface area contributed by atoms with E-state index in [1.807, 2.05) is 0 Å². The van der Waals surface area contributed by atoms with E-state index in [0.29, 0.717) is 12.5 Å². The van der Waals surface area contributed by atoms with Crippen molar-refractivity contribution in [2.45, 2.75) is 58.8 Å². The van der Waals surface area contributed by atoms with E-state index in [4.69, 9.17) is 5.73 Å². The van der Waals surface area contributed by atoms with Crippen molar-refractivity contribution in [1.29, 1.82) is 0 Å². The minimum Gasteiger partial charge on any atom is -0.396 e. The molecule has 0 aromatic rings. The number of hydrogen-bond acceptors (Lipinski definition) is 2. The smallest absolute Gasteiger partial charge is 0.0502 e. The van der Waals surface area contributed by atoms with Crippen molar-refractivity contribution in [2.24, 2.45) is 23.0 Å². The molecule has 2 nitrogen and oxygen atoms in total. The Labute approximate surface area is 101 Å². The van der Waals surface area contributed by atoms with Gasteiger partial charge in [0.15, 0.2) is 0 Å². The highest BCUT2D eigenvalue weighted by molar-refractivity contribution is 4.95. The molecule has 1 aliphatic carbocycles. The number of hydrogen-bond donors (Lipinski definition) is 2. The molecule has 0 aliphatic heterocycles. The van der Waals surface area contributed by atoms with Crippen LogP contribution in [0.2, 0.25) is 0 Å². The average molecular weight is 227 g/mol. The lowest BCUT2D eigenvalue weighted by Gasteiger charge is -2.34. The van der Waals surface area contributed by atoms with E-state index in [0.717, 1.165) is 12.3 Å². The summed E-state index contributed by atoms with van der Waals surface area (Å²) in [6.07, 6.45) is 8.82. The van der Waals surface area contributed by atoms with E-state index in [9.17, 15) is 5.11 Å². The molecule has 0 amide bonds. The largest absolute Gasteiger partial charge is 0.396 e. The molecule has 0 spiro atoms. The highest BCUT2D eigenvalue weighted by atomic mass is 16.3. The van der Waals surface area contributed by atoms with Crippen molar-refractivity contribution < 1.29 is 5.11 Å². The van der Waals surface area contributed by atoms with Gasteiger partial charge < -0.3 is 10.8 Å². The monoisotopic (exact) mass is 227 g/mol. The molecule has 3 N–H and O–H groups in total. The summed E-state index contributed by atoms with van der Waals surface area (Å²) in [6, 6.07) is 0. The van der Waals surface area contributed by atoms with Gasteiger partial charge in [0.1, 0.15) is 0 Å². The molecule has 96 valence electrons. The summed E-state index contributed by atoms with van der Waals surface area (Å²) in [7, 11) is 0. The molecule has 16 heavy (non-hydrogen) atoms. The maximum Gasteiger partial charge on any atom is 0.0502 e. The number of nitrogens with two attached hydrogens (primary N) is 1. The Bertz CT molecular complexity index is 185. The van der Waals surface area contributed by atoms with E-state index < -0.39 is 0 Å². The zero-order chi connectivity index (χ0) is 12.0. The van der Waals surface area contributed by atoms with E-state index in [-0.39, 0.29) is 12.0 Å². The van der Waals surface area contributed by atoms with Crippen LogP contribution in [-0.4, -0.2) is 18.3 Å². The fraction of sp³-hybridized carbons (Fsp3) is 1.00. The van der Waals surface area contributed by atoms with Gasteiger partial charge in [-0.05, 0) is 31.1 Å². The zero-order valence-corrected chi connectivity index (χ0v) is 11.0. The van der Waals surface area contributed by atoms with E-state index >= 15 is 0 Å². The van der Waals surface area contributed by atoms with Gasteiger partial charge >= 0.3 is 0 Å². The van der Waals surface area contributed by atoms with Gasteiger partial charge in [0, 0.05) is 12.0 Å². The molecule has 0 heterocycles. The first-order valence-electron chi connectivity index (χ1n) is 7.03. The molecule has 0 saturated heterocycles. The molecule has 2 unspecified atom stereocenters. The Morgan fingerprint density at radius 2 is 2.06 bits per heavy atom. The van der Waals surface area contributed by atoms with Crippen LogP contribution in [-0.2, 0) is 0 Å². The minimum absolute atomic E-state index is 0.0500. The van der Waals surface area contributed by atoms with Gasteiger partial charge in [-0.3, -0.25) is 0 Å². The minimum atomic E-state index is 0.0500. The van der Waals surface area contributed by atoms with Crippen LogP contribution in [0.15, 0.2) is 0 Å². The molecule has 2 heteroatoms. The van der Waals surface area contributed by atoms with Crippen LogP contribution >= 0.6 is 0 Å². The standard InChI is InChI=1S/C14H29NO/c1-3-5-6-12(4-2)9-14(10-15,11-16)13-7-8-13/h12-13,16H,3-11,15H2,1-2H3. The second-order valence-electron chi connectivity index (χ2n) is 5.62. The Hall–Kier alpha value is -0.0800. The summed E-state index contributed by atoms with van der Waals surface area (Å²) in [6.45, 7) is 5.47. The van der Waals surface area contributed by atoms with Crippen molar-refractivity contribution in [1.82, 2.24) is 0 Å². The second-order valence-corrected chi connectivity index (χ2v) is 5.62. The van der Waals surface area contributed by atoms with Crippen LogP contribution in [0.1, 0.15) is 58.8 Å². The molecule has 2 atom stereocenters. The van der Waals surface area contributed by atoms with Crippen LogP contribution in [0.3, 0.4) is 0 Å². The van der Waals surface area contributed by atoms with Crippen molar-refractivity contribution in [3.63, 3.8) is 0 Å². The molecule has 1 fully saturated rings. The van der Waals surface area contributed by atoms with E-state index in [1.54, 1.807) is 0 Å². The Kier molecular flexibility index (Phi) is 5.77. The molecule has 0 aromatic heterocycles. The van der Waals surface area contributed by atoms with Crippen molar-refractivity contribution in [3.8, 4) is 0 Å². The van der Waals surface area contributed by atoms with Crippen molar-refractivity contribution in [2.75, 3.05) is 13.2 Å². The first-order valence-corrected chi connectivity index (χ1v) is 7.03. The van der Waals surface area contributed by atoms with E-state index in [1.165, 1.54) is 38.5 Å². The van der Waals surface area contributed by atoms with Gasteiger partial charge in [-0.25, -0.2) is 0 Å². The highest BCUT2D eigenvalue weighted by Gasteiger charge is 2.44. The van der Waals surface area contributed by atoms with Gasteiger partial charge in [-0.1, -0.05) is 39.5 Å². The van der Waals surface area contributed by atoms with Crippen LogP contribution in [0.5, 0.6) is 0 Å². The summed E-state index contributed by atoms with van der Waals surface area (Å²) < 4.78 is 0. The fourth-order valence-corrected chi connectivity index (χ4v) is 2.89. The topological polar surface area (TPSA) is 46.2 Å². The lowest BCUT2D eigenvalue weighted by molar-refractivity contribution is 0.0772. The van der Waals surface area contributed by atoms with Gasteiger partial charge in [0.05, 0.1) is 6.61 Å². The lowest BCUT2D eigenvalue weighted by Crippen LogP contribution is -2.38. The van der Waals surface area contributed by atoms with Gasteiger partial charge in [-0.15, -0.1) is 0 Å². The van der Waals surface area contributed by atoms with Gasteiger partial charge in [0.25, 0.3) is 0 Å². The molecule has 1 aliphatic rings. The van der Waals surface area contributed by atoms with Gasteiger partial charge in [0.2, 0.25) is 0 Å². The molecule has 1 rings (SSSR count). The maximum absolute atomic E-state index is 9.68. The number of unbranched alkanes of at least 4 members (excludes halogenated alkanes) is 1. The third-order valence-electron chi connectivity index (χ3n) is 4.40. The SMILES string of the molecule is CCCCC(CC)CC(CN)(CO)C1CC1. The molecule has 1 saturated carbocycles. The Morgan fingerprint density at radius 3 is 2.44 bits per heavy atom. The quantitative estimate of drug-likeness (QED) is 0.636. The summed E-state index contributed by atoms with van der Waals surface area (Å²) >= 11 is 0. The predicted octanol–water partition coefficient (Wildman–Crippen LogP) is 2.94. The first-order chi connectivity index (χ1) is 7.72. The summed E-state index contributed by atoms with van der Waals surface area (Å²) in [5, 5.41) is 9.68. The summed E-state index contributed by atoms with van der Waals surface area (Å²) in [5.41, 5.74) is 5.98. The third-order valence-corrected chi connectivity index (χ3v) is 4.40. The Balaban J connectivity index is 2.50. The lowest BCUT2D eigenvalue weighted by atomic mass is 9.74. The number of aliphatic hydroxyl groups excluding tert-OH is 1. The summed E-state index contributed by atoms with van der Waals surface area (Å²) in [4.78, 5) is 0. The molecule has 0 aromatic carbocycles. The first kappa shape index (κ1) is 14.0. The molecule has 0 radical (unpaired) electrons. The van der Waals surface area contributed by atoms with Crippen molar-refractivity contribution in [3.05, 3.63) is 0 Å². The molecular formula is C14H29NO. The second kappa shape index (κ2) is 6.61. The van der Waals surface area contributed by atoms with Crippen LogP contribution in [0.25, 0.3) is 0 Å². The third kappa shape index (κ3) is 3.46. The predicted molar refractivity (Wildman–Crippen MR) is 69.2 cm³/mol. The Morgan fingerprint density at radius 1 is 1.38 bits per heavy atom. The van der Waals surface area contributed by atoms with Gasteiger partial charge in [-0.2, -0.15) is 0 Å². The number of aliphatic hydroxyl groups is 1. The molecule has 0 bridgehead atoms. The number of rotatable bonds is 9. The summed E-state index contributed by atoms with van der Waals surface area (Å²) in [5.74, 6) is 1.47. The zero-order valence-electron chi connectivity index (χ0n) is 11.0. The fourth-order valence-electron chi connectivity index (χ4n) is 2.89. The molecular weight excluding hydrogens is 198 g/mol. The van der Waals surface area contributed by atoms with Crippen molar-refractivity contribution >= 4 is 0 Å². The van der Waals surface area contributed by atoms with E-state index in [2.05, 4.69) is 13.8 Å². The van der Waals surface area contributed by atoms with Crippen LogP contribution in [0.4, 0.5) is 0 Å². The van der Waals surface area contributed by atoms with Crippen LogP contribution in [0, 0.1) is 17.3 Å². The normalized spacial score (nSPS) is 21.8.